The van der Waals surface area contributed by atoms with Gasteiger partial charge in [0.15, 0.2) is 11.5 Å². The first-order chi connectivity index (χ1) is 13.1. The predicted molar refractivity (Wildman–Crippen MR) is 101 cm³/mol. The van der Waals surface area contributed by atoms with E-state index in [1.54, 1.807) is 31.4 Å². The van der Waals surface area contributed by atoms with Crippen LogP contribution in [0.1, 0.15) is 27.0 Å². The van der Waals surface area contributed by atoms with Gasteiger partial charge in [-0.05, 0) is 37.2 Å². The van der Waals surface area contributed by atoms with Crippen LogP contribution >= 0.6 is 0 Å². The number of nitrogens with two attached hydrogens (primary N) is 1. The highest BCUT2D eigenvalue weighted by Crippen LogP contribution is 2.49. The van der Waals surface area contributed by atoms with E-state index < -0.39 is 0 Å². The summed E-state index contributed by atoms with van der Waals surface area (Å²) in [5.74, 6) is 1.85. The molecule has 2 aliphatic heterocycles. The number of nitrogens with zero attached hydrogens (tertiary/aromatic N) is 1. The zero-order valence-electron chi connectivity index (χ0n) is 15.5. The number of nitrogen functional groups attached to an aromatic ring is 1. The van der Waals surface area contributed by atoms with Crippen LogP contribution in [0.4, 0.5) is 5.69 Å². The number of methoxy groups -OCH3 is 1. The zero-order valence-corrected chi connectivity index (χ0v) is 15.5. The van der Waals surface area contributed by atoms with Crippen molar-refractivity contribution in [2.75, 3.05) is 33.2 Å². The third-order valence-corrected chi connectivity index (χ3v) is 5.05. The van der Waals surface area contributed by atoms with Gasteiger partial charge in [-0.25, -0.2) is 0 Å². The Bertz CT molecular complexity index is 897. The minimum Gasteiger partial charge on any atom is -0.492 e. The number of amides is 1. The molecule has 142 valence electrons. The summed E-state index contributed by atoms with van der Waals surface area (Å²) in [5, 5.41) is 2.99. The summed E-state index contributed by atoms with van der Waals surface area (Å²) in [6.45, 7) is 2.22. The van der Waals surface area contributed by atoms with E-state index in [4.69, 9.17) is 19.9 Å². The van der Waals surface area contributed by atoms with Crippen LogP contribution in [0, 0.1) is 0 Å². The van der Waals surface area contributed by atoms with Crippen LogP contribution in [0.3, 0.4) is 0 Å². The lowest BCUT2D eigenvalue weighted by Crippen LogP contribution is -2.30. The summed E-state index contributed by atoms with van der Waals surface area (Å²) in [6.07, 6.45) is 0.863. The van der Waals surface area contributed by atoms with E-state index >= 15 is 0 Å². The number of likely N-dealkylation sites (N-methyl/N-ethyl adjacent to an activating group) is 1. The molecular weight excluding hydrogens is 346 g/mol. The Morgan fingerprint density at radius 2 is 2.11 bits per heavy atom. The van der Waals surface area contributed by atoms with Crippen LogP contribution in [0.2, 0.25) is 0 Å². The maximum atomic E-state index is 12.5. The van der Waals surface area contributed by atoms with Crippen molar-refractivity contribution in [3.8, 4) is 17.2 Å². The first kappa shape index (κ1) is 17.5. The standard InChI is InChI=1S/C20H23N3O4/c1-23-7-6-14-15(9-22-20(24)12-4-3-5-13(21)8-12)18-19(27-11-26-18)17(25-2)16(14)10-23/h3-5,8H,6-7,9-11,21H2,1-2H3,(H,22,24). The molecule has 0 aromatic heterocycles. The second-order valence-corrected chi connectivity index (χ2v) is 6.83. The molecule has 7 heteroatoms. The van der Waals surface area contributed by atoms with Gasteiger partial charge in [0.1, 0.15) is 0 Å². The van der Waals surface area contributed by atoms with Gasteiger partial charge in [0.25, 0.3) is 5.91 Å². The van der Waals surface area contributed by atoms with Crippen molar-refractivity contribution in [1.82, 2.24) is 10.2 Å². The molecule has 2 aliphatic rings. The molecule has 2 aromatic carbocycles. The molecule has 2 heterocycles. The van der Waals surface area contributed by atoms with Crippen molar-refractivity contribution in [1.29, 1.82) is 0 Å². The minimum absolute atomic E-state index is 0.153. The molecule has 2 aromatic rings. The van der Waals surface area contributed by atoms with Crippen molar-refractivity contribution in [2.24, 2.45) is 0 Å². The minimum atomic E-state index is -0.174. The molecule has 0 spiro atoms. The third kappa shape index (κ3) is 3.14. The van der Waals surface area contributed by atoms with Crippen LogP contribution in [-0.2, 0) is 19.5 Å². The van der Waals surface area contributed by atoms with Gasteiger partial charge in [-0.1, -0.05) is 6.07 Å². The maximum Gasteiger partial charge on any atom is 0.251 e. The highest BCUT2D eigenvalue weighted by atomic mass is 16.7. The smallest absolute Gasteiger partial charge is 0.251 e. The van der Waals surface area contributed by atoms with Crippen LogP contribution in [0.25, 0.3) is 0 Å². The summed E-state index contributed by atoms with van der Waals surface area (Å²) < 4.78 is 17.0. The fourth-order valence-electron chi connectivity index (χ4n) is 3.74. The third-order valence-electron chi connectivity index (χ3n) is 5.05. The van der Waals surface area contributed by atoms with Crippen molar-refractivity contribution >= 4 is 11.6 Å². The van der Waals surface area contributed by atoms with Gasteiger partial charge < -0.3 is 30.2 Å². The predicted octanol–water partition coefficient (Wildman–Crippen LogP) is 1.92. The molecule has 4 rings (SSSR count). The van der Waals surface area contributed by atoms with Gasteiger partial charge in [-0.15, -0.1) is 0 Å². The highest BCUT2D eigenvalue weighted by molar-refractivity contribution is 5.95. The average molecular weight is 369 g/mol. The summed E-state index contributed by atoms with van der Waals surface area (Å²) >= 11 is 0. The average Bonchev–Trinajstić information content (AvgIpc) is 3.14. The van der Waals surface area contributed by atoms with E-state index in [2.05, 4.69) is 17.3 Å². The normalized spacial score (nSPS) is 15.3. The molecule has 1 amide bonds. The SMILES string of the molecule is COc1c2c(c(CNC(=O)c3cccc(N)c3)c3c1OCO3)CCN(C)C2. The topological polar surface area (TPSA) is 86.0 Å². The summed E-state index contributed by atoms with van der Waals surface area (Å²) in [7, 11) is 3.72. The molecule has 0 saturated heterocycles. The molecule has 0 radical (unpaired) electrons. The van der Waals surface area contributed by atoms with Crippen LogP contribution < -0.4 is 25.3 Å². The fourth-order valence-corrected chi connectivity index (χ4v) is 3.74. The molecule has 0 saturated carbocycles. The number of hydrogen-bond acceptors (Lipinski definition) is 6. The Hall–Kier alpha value is -2.93. The van der Waals surface area contributed by atoms with E-state index in [1.807, 2.05) is 0 Å². The van der Waals surface area contributed by atoms with Crippen LogP contribution in [-0.4, -0.2) is 38.3 Å². The Balaban J connectivity index is 1.67. The number of ether oxygens (including phenoxy) is 3. The molecule has 0 fully saturated rings. The summed E-state index contributed by atoms with van der Waals surface area (Å²) in [5.41, 5.74) is 10.1. The van der Waals surface area contributed by atoms with Gasteiger partial charge in [-0.3, -0.25) is 4.79 Å². The molecule has 0 atom stereocenters. The lowest BCUT2D eigenvalue weighted by molar-refractivity contribution is 0.0950. The number of rotatable bonds is 4. The Morgan fingerprint density at radius 3 is 2.89 bits per heavy atom. The van der Waals surface area contributed by atoms with Crippen molar-refractivity contribution < 1.29 is 19.0 Å². The summed E-state index contributed by atoms with van der Waals surface area (Å²) in [4.78, 5) is 14.8. The number of anilines is 1. The first-order valence-corrected chi connectivity index (χ1v) is 8.91. The van der Waals surface area contributed by atoms with E-state index in [-0.39, 0.29) is 12.7 Å². The summed E-state index contributed by atoms with van der Waals surface area (Å²) in [6, 6.07) is 6.93. The molecule has 7 nitrogen and oxygen atoms in total. The van der Waals surface area contributed by atoms with Gasteiger partial charge in [0, 0.05) is 42.0 Å². The molecular formula is C20H23N3O4. The molecule has 27 heavy (non-hydrogen) atoms. The van der Waals surface area contributed by atoms with E-state index in [0.29, 0.717) is 29.3 Å². The number of carbonyl (C=O) groups excluding carboxylic acids is 1. The van der Waals surface area contributed by atoms with Gasteiger partial charge in [0.05, 0.1) is 7.11 Å². The number of benzene rings is 2. The van der Waals surface area contributed by atoms with Crippen molar-refractivity contribution in [3.05, 3.63) is 46.5 Å². The zero-order chi connectivity index (χ0) is 19.0. The monoisotopic (exact) mass is 369 g/mol. The second kappa shape index (κ2) is 7.00. The Labute approximate surface area is 158 Å². The number of hydrogen-bond donors (Lipinski definition) is 2. The van der Waals surface area contributed by atoms with Crippen LogP contribution in [0.5, 0.6) is 17.2 Å². The second-order valence-electron chi connectivity index (χ2n) is 6.83. The fraction of sp³-hybridized carbons (Fsp3) is 0.350. The lowest BCUT2D eigenvalue weighted by atomic mass is 9.92. The van der Waals surface area contributed by atoms with Gasteiger partial charge in [0.2, 0.25) is 12.5 Å². The molecule has 0 unspecified atom stereocenters. The highest BCUT2D eigenvalue weighted by Gasteiger charge is 2.32. The van der Waals surface area contributed by atoms with Crippen molar-refractivity contribution in [2.45, 2.75) is 19.5 Å². The Morgan fingerprint density at radius 1 is 1.30 bits per heavy atom. The van der Waals surface area contributed by atoms with E-state index in [0.717, 1.165) is 36.4 Å². The first-order valence-electron chi connectivity index (χ1n) is 8.91. The number of carbonyl (C=O) groups is 1. The van der Waals surface area contributed by atoms with Crippen molar-refractivity contribution in [3.63, 3.8) is 0 Å². The van der Waals surface area contributed by atoms with Gasteiger partial charge in [-0.2, -0.15) is 0 Å². The quantitative estimate of drug-likeness (QED) is 0.801. The lowest BCUT2D eigenvalue weighted by Gasteiger charge is -2.29. The molecule has 3 N–H and O–H groups in total. The number of fused-ring (bicyclic) bond motifs is 2. The Kier molecular flexibility index (Phi) is 4.53. The van der Waals surface area contributed by atoms with E-state index in [9.17, 15) is 4.79 Å². The van der Waals surface area contributed by atoms with E-state index in [1.165, 1.54) is 5.56 Å². The number of nitrogens with one attached hydrogen (secondary N) is 1. The van der Waals surface area contributed by atoms with Crippen LogP contribution in [0.15, 0.2) is 24.3 Å². The maximum absolute atomic E-state index is 12.5. The molecule has 0 aliphatic carbocycles. The molecule has 0 bridgehead atoms. The van der Waals surface area contributed by atoms with Gasteiger partial charge >= 0.3 is 0 Å². The largest absolute Gasteiger partial charge is 0.492 e.